The predicted octanol–water partition coefficient (Wildman–Crippen LogP) is 3.09. The fourth-order valence-corrected chi connectivity index (χ4v) is 7.94. The summed E-state index contributed by atoms with van der Waals surface area (Å²) in [6.07, 6.45) is 6.76. The average Bonchev–Trinajstić information content (AvgIpc) is 3.39. The largest absolute Gasteiger partial charge is 0.353 e. The number of fused-ring (bicyclic) bond motifs is 2. The molecule has 144 valence electrons. The molecule has 2 aliphatic carbocycles. The van der Waals surface area contributed by atoms with E-state index in [2.05, 4.69) is 12.2 Å². The standard InChI is InChI=1S/C19H28N2O3S2/c1-13(17-11-14-6-7-15(17)10-14)20-19(22)16-4-2-8-21(12-16)26(23,24)18-5-3-9-25-18/h3,5,9,13-17H,2,4,6-8,10-12H2,1H3,(H,20,22)/t13-,14-,15-,16-,17-/m0/s1. The minimum absolute atomic E-state index is 0.0337. The smallest absolute Gasteiger partial charge is 0.252 e. The number of nitrogens with one attached hydrogen (secondary N) is 1. The summed E-state index contributed by atoms with van der Waals surface area (Å²) in [5.74, 6) is 2.04. The molecule has 0 aromatic carbocycles. The number of rotatable bonds is 5. The first-order valence-corrected chi connectivity index (χ1v) is 12.1. The van der Waals surface area contributed by atoms with Crippen molar-refractivity contribution in [2.24, 2.45) is 23.7 Å². The van der Waals surface area contributed by atoms with Crippen molar-refractivity contribution in [3.05, 3.63) is 17.5 Å². The van der Waals surface area contributed by atoms with Crippen molar-refractivity contribution in [1.29, 1.82) is 0 Å². The highest BCUT2D eigenvalue weighted by molar-refractivity contribution is 7.91. The number of thiophene rings is 1. The Balaban J connectivity index is 1.37. The fraction of sp³-hybridized carbons (Fsp3) is 0.737. The maximum atomic E-state index is 12.8. The molecular weight excluding hydrogens is 368 g/mol. The van der Waals surface area contributed by atoms with E-state index in [0.29, 0.717) is 23.2 Å². The van der Waals surface area contributed by atoms with E-state index in [1.807, 2.05) is 0 Å². The van der Waals surface area contributed by atoms with Gasteiger partial charge in [0.05, 0.1) is 5.92 Å². The molecule has 0 unspecified atom stereocenters. The van der Waals surface area contributed by atoms with Crippen LogP contribution in [0.15, 0.2) is 21.7 Å². The van der Waals surface area contributed by atoms with Crippen LogP contribution in [0.3, 0.4) is 0 Å². The van der Waals surface area contributed by atoms with Gasteiger partial charge in [-0.05, 0) is 68.2 Å². The van der Waals surface area contributed by atoms with Gasteiger partial charge in [0.15, 0.2) is 0 Å². The van der Waals surface area contributed by atoms with Gasteiger partial charge in [0.1, 0.15) is 4.21 Å². The van der Waals surface area contributed by atoms with Crippen molar-refractivity contribution < 1.29 is 13.2 Å². The number of sulfonamides is 1. The number of amides is 1. The zero-order valence-corrected chi connectivity index (χ0v) is 16.9. The van der Waals surface area contributed by atoms with Crippen molar-refractivity contribution in [2.45, 2.75) is 55.7 Å². The summed E-state index contributed by atoms with van der Waals surface area (Å²) in [5, 5.41) is 5.00. The molecule has 5 nitrogen and oxygen atoms in total. The summed E-state index contributed by atoms with van der Waals surface area (Å²) in [6, 6.07) is 3.59. The van der Waals surface area contributed by atoms with Crippen LogP contribution in [0.25, 0.3) is 0 Å². The van der Waals surface area contributed by atoms with Crippen molar-refractivity contribution >= 4 is 27.3 Å². The molecule has 0 radical (unpaired) electrons. The van der Waals surface area contributed by atoms with E-state index in [1.54, 1.807) is 17.5 Å². The van der Waals surface area contributed by atoms with Gasteiger partial charge in [0, 0.05) is 19.1 Å². The van der Waals surface area contributed by atoms with Crippen LogP contribution in [-0.4, -0.2) is 37.8 Å². The maximum Gasteiger partial charge on any atom is 0.252 e. The summed E-state index contributed by atoms with van der Waals surface area (Å²) in [6.45, 7) is 2.94. The highest BCUT2D eigenvalue weighted by atomic mass is 32.2. The number of hydrogen-bond acceptors (Lipinski definition) is 4. The van der Waals surface area contributed by atoms with Gasteiger partial charge in [-0.3, -0.25) is 4.79 Å². The van der Waals surface area contributed by atoms with Gasteiger partial charge in [0.25, 0.3) is 10.0 Å². The molecule has 26 heavy (non-hydrogen) atoms. The van der Waals surface area contributed by atoms with Crippen LogP contribution in [0.5, 0.6) is 0 Å². The van der Waals surface area contributed by atoms with E-state index < -0.39 is 10.0 Å². The molecule has 1 aliphatic heterocycles. The van der Waals surface area contributed by atoms with Gasteiger partial charge in [-0.2, -0.15) is 4.31 Å². The normalized spacial score (nSPS) is 33.3. The molecule has 4 rings (SSSR count). The van der Waals surface area contributed by atoms with Crippen LogP contribution in [0.1, 0.15) is 45.4 Å². The summed E-state index contributed by atoms with van der Waals surface area (Å²) in [4.78, 5) is 12.8. The highest BCUT2D eigenvalue weighted by Gasteiger charge is 2.42. The molecule has 2 heterocycles. The Morgan fingerprint density at radius 2 is 2.15 bits per heavy atom. The summed E-state index contributed by atoms with van der Waals surface area (Å²) in [7, 11) is -3.46. The second-order valence-corrected chi connectivity index (χ2v) is 11.4. The molecule has 1 N–H and O–H groups in total. The van der Waals surface area contributed by atoms with Crippen molar-refractivity contribution in [3.63, 3.8) is 0 Å². The number of hydrogen-bond donors (Lipinski definition) is 1. The SMILES string of the molecule is C[C@H](NC(=O)[C@H]1CCCN(S(=O)(=O)c2cccs2)C1)[C@@H]1C[C@H]2CC[C@H]1C2. The highest BCUT2D eigenvalue weighted by Crippen LogP contribution is 2.49. The van der Waals surface area contributed by atoms with E-state index in [9.17, 15) is 13.2 Å². The summed E-state index contributed by atoms with van der Waals surface area (Å²) in [5.41, 5.74) is 0. The monoisotopic (exact) mass is 396 g/mol. The van der Waals surface area contributed by atoms with Crippen LogP contribution in [-0.2, 0) is 14.8 Å². The zero-order valence-electron chi connectivity index (χ0n) is 15.3. The molecule has 1 aromatic heterocycles. The third-order valence-corrected chi connectivity index (χ3v) is 9.89. The van der Waals surface area contributed by atoms with E-state index in [4.69, 9.17) is 0 Å². The molecule has 7 heteroatoms. The topological polar surface area (TPSA) is 66.5 Å². The maximum absolute atomic E-state index is 12.8. The lowest BCUT2D eigenvalue weighted by atomic mass is 9.83. The molecule has 1 amide bonds. The predicted molar refractivity (Wildman–Crippen MR) is 102 cm³/mol. The second kappa shape index (κ2) is 7.24. The van der Waals surface area contributed by atoms with Crippen LogP contribution in [0.4, 0.5) is 0 Å². The van der Waals surface area contributed by atoms with Gasteiger partial charge in [-0.1, -0.05) is 12.5 Å². The Morgan fingerprint density at radius 3 is 2.81 bits per heavy atom. The number of carbonyl (C=O) groups excluding carboxylic acids is 1. The Bertz CT molecular complexity index is 747. The Hall–Kier alpha value is -0.920. The average molecular weight is 397 g/mol. The molecular formula is C19H28N2O3S2. The summed E-state index contributed by atoms with van der Waals surface area (Å²) >= 11 is 1.24. The molecule has 3 aliphatic rings. The van der Waals surface area contributed by atoms with Crippen LogP contribution >= 0.6 is 11.3 Å². The van der Waals surface area contributed by atoms with Gasteiger partial charge in [-0.25, -0.2) is 8.42 Å². The first-order valence-electron chi connectivity index (χ1n) is 9.79. The lowest BCUT2D eigenvalue weighted by molar-refractivity contribution is -0.127. The van der Waals surface area contributed by atoms with Gasteiger partial charge < -0.3 is 5.32 Å². The first kappa shape index (κ1) is 18.4. The minimum atomic E-state index is -3.46. The van der Waals surface area contributed by atoms with E-state index in [-0.39, 0.29) is 17.9 Å². The molecule has 5 atom stereocenters. The minimum Gasteiger partial charge on any atom is -0.353 e. The quantitative estimate of drug-likeness (QED) is 0.832. The van der Waals surface area contributed by atoms with Crippen LogP contribution in [0, 0.1) is 23.7 Å². The fourth-order valence-electron chi connectivity index (χ4n) is 5.27. The van der Waals surface area contributed by atoms with Gasteiger partial charge in [0.2, 0.25) is 5.91 Å². The van der Waals surface area contributed by atoms with E-state index in [1.165, 1.54) is 41.3 Å². The summed E-state index contributed by atoms with van der Waals surface area (Å²) < 4.78 is 27.3. The number of piperidine rings is 1. The first-order chi connectivity index (χ1) is 12.4. The van der Waals surface area contributed by atoms with Crippen molar-refractivity contribution in [2.75, 3.05) is 13.1 Å². The molecule has 1 aromatic rings. The molecule has 2 bridgehead atoms. The van der Waals surface area contributed by atoms with Crippen molar-refractivity contribution in [3.8, 4) is 0 Å². The van der Waals surface area contributed by atoms with E-state index >= 15 is 0 Å². The lowest BCUT2D eigenvalue weighted by Gasteiger charge is -2.33. The van der Waals surface area contributed by atoms with Crippen molar-refractivity contribution in [1.82, 2.24) is 9.62 Å². The Morgan fingerprint density at radius 1 is 1.31 bits per heavy atom. The third kappa shape index (κ3) is 3.45. The zero-order chi connectivity index (χ0) is 18.3. The molecule has 0 spiro atoms. The van der Waals surface area contributed by atoms with Gasteiger partial charge >= 0.3 is 0 Å². The molecule has 1 saturated heterocycles. The Labute approximate surface area is 160 Å². The van der Waals surface area contributed by atoms with Crippen LogP contribution in [0.2, 0.25) is 0 Å². The number of nitrogens with zero attached hydrogens (tertiary/aromatic N) is 1. The van der Waals surface area contributed by atoms with Crippen LogP contribution < -0.4 is 5.32 Å². The third-order valence-electron chi connectivity index (χ3n) is 6.65. The lowest BCUT2D eigenvalue weighted by Crippen LogP contribution is -2.48. The molecule has 3 fully saturated rings. The Kier molecular flexibility index (Phi) is 5.14. The second-order valence-electron chi connectivity index (χ2n) is 8.27. The van der Waals surface area contributed by atoms with Gasteiger partial charge in [-0.15, -0.1) is 11.3 Å². The van der Waals surface area contributed by atoms with E-state index in [0.717, 1.165) is 24.7 Å². The number of carbonyl (C=O) groups is 1. The molecule has 2 saturated carbocycles.